The summed E-state index contributed by atoms with van der Waals surface area (Å²) in [6.45, 7) is 3.38. The highest BCUT2D eigenvalue weighted by Gasteiger charge is 2.17. The van der Waals surface area contributed by atoms with E-state index in [-0.39, 0.29) is 11.8 Å². The summed E-state index contributed by atoms with van der Waals surface area (Å²) < 4.78 is 4.99. The lowest BCUT2D eigenvalue weighted by Gasteiger charge is -2.07. The van der Waals surface area contributed by atoms with Crippen molar-refractivity contribution in [3.05, 3.63) is 71.2 Å². The van der Waals surface area contributed by atoms with Crippen LogP contribution in [0.25, 0.3) is 0 Å². The van der Waals surface area contributed by atoms with Gasteiger partial charge in [0.1, 0.15) is 17.1 Å². The van der Waals surface area contributed by atoms with Crippen molar-refractivity contribution in [2.75, 3.05) is 10.6 Å². The van der Waals surface area contributed by atoms with Crippen LogP contribution in [0.3, 0.4) is 0 Å². The van der Waals surface area contributed by atoms with Crippen LogP contribution in [0.15, 0.2) is 53.2 Å². The fraction of sp³-hybridized carbons (Fsp3) is 0.111. The molecule has 2 N–H and O–H groups in total. The number of benzene rings is 1. The molecule has 25 heavy (non-hydrogen) atoms. The number of anilines is 2. The molecule has 0 aliphatic heterocycles. The number of nitrogens with zero attached hydrogens (tertiary/aromatic N) is 2. The highest BCUT2D eigenvalue weighted by molar-refractivity contribution is 6.06. The van der Waals surface area contributed by atoms with Gasteiger partial charge in [-0.15, -0.1) is 0 Å². The van der Waals surface area contributed by atoms with Gasteiger partial charge in [0, 0.05) is 5.56 Å². The predicted molar refractivity (Wildman–Crippen MR) is 92.6 cm³/mol. The topological polar surface area (TPSA) is 97.1 Å². The SMILES string of the molecule is Cc1noc(C)c1C(=O)Nc1ccc(NC(=O)c2ccccc2)nc1. The number of amides is 2. The Morgan fingerprint density at radius 1 is 0.960 bits per heavy atom. The summed E-state index contributed by atoms with van der Waals surface area (Å²) in [5, 5.41) is 9.18. The van der Waals surface area contributed by atoms with Crippen LogP contribution < -0.4 is 10.6 Å². The van der Waals surface area contributed by atoms with Gasteiger partial charge in [-0.3, -0.25) is 9.59 Å². The number of pyridine rings is 1. The van der Waals surface area contributed by atoms with Crippen LogP contribution in [0.1, 0.15) is 32.2 Å². The minimum Gasteiger partial charge on any atom is -0.361 e. The van der Waals surface area contributed by atoms with E-state index in [9.17, 15) is 9.59 Å². The van der Waals surface area contributed by atoms with Crippen molar-refractivity contribution in [3.63, 3.8) is 0 Å². The van der Waals surface area contributed by atoms with Crippen molar-refractivity contribution < 1.29 is 14.1 Å². The van der Waals surface area contributed by atoms with Gasteiger partial charge in [-0.1, -0.05) is 23.4 Å². The molecule has 0 saturated carbocycles. The molecular formula is C18H16N4O3. The standard InChI is InChI=1S/C18H16N4O3/c1-11-16(12(2)25-22-11)18(24)20-14-8-9-15(19-10-14)21-17(23)13-6-4-3-5-7-13/h3-10H,1-2H3,(H,20,24)(H,19,21,23). The van der Waals surface area contributed by atoms with Crippen molar-refractivity contribution in [1.29, 1.82) is 0 Å². The van der Waals surface area contributed by atoms with Gasteiger partial charge < -0.3 is 15.2 Å². The lowest BCUT2D eigenvalue weighted by molar-refractivity contribution is 0.101. The Bertz CT molecular complexity index is 882. The zero-order valence-corrected chi connectivity index (χ0v) is 13.7. The normalized spacial score (nSPS) is 10.3. The summed E-state index contributed by atoms with van der Waals surface area (Å²) in [5.74, 6) is 0.277. The molecular weight excluding hydrogens is 320 g/mol. The van der Waals surface area contributed by atoms with Gasteiger partial charge in [0.15, 0.2) is 0 Å². The minimum absolute atomic E-state index is 0.249. The molecule has 0 saturated heterocycles. The lowest BCUT2D eigenvalue weighted by Crippen LogP contribution is -2.15. The molecule has 0 bridgehead atoms. The first-order valence-electron chi connectivity index (χ1n) is 7.61. The van der Waals surface area contributed by atoms with Gasteiger partial charge in [0.25, 0.3) is 11.8 Å². The Kier molecular flexibility index (Phi) is 4.56. The van der Waals surface area contributed by atoms with Crippen molar-refractivity contribution in [2.24, 2.45) is 0 Å². The van der Waals surface area contributed by atoms with Crippen LogP contribution in [0.4, 0.5) is 11.5 Å². The van der Waals surface area contributed by atoms with E-state index in [1.165, 1.54) is 6.20 Å². The zero-order chi connectivity index (χ0) is 17.8. The van der Waals surface area contributed by atoms with E-state index in [4.69, 9.17) is 4.52 Å². The molecule has 7 heteroatoms. The molecule has 1 aromatic carbocycles. The average molecular weight is 336 g/mol. The van der Waals surface area contributed by atoms with Gasteiger partial charge >= 0.3 is 0 Å². The predicted octanol–water partition coefficient (Wildman–Crippen LogP) is 3.19. The summed E-state index contributed by atoms with van der Waals surface area (Å²) in [6.07, 6.45) is 1.47. The van der Waals surface area contributed by atoms with Gasteiger partial charge in [-0.2, -0.15) is 0 Å². The second-order valence-corrected chi connectivity index (χ2v) is 5.41. The summed E-state index contributed by atoms with van der Waals surface area (Å²) >= 11 is 0. The van der Waals surface area contributed by atoms with Crippen LogP contribution >= 0.6 is 0 Å². The second kappa shape index (κ2) is 6.96. The highest BCUT2D eigenvalue weighted by Crippen LogP contribution is 2.16. The van der Waals surface area contributed by atoms with Crippen molar-refractivity contribution in [1.82, 2.24) is 10.1 Å². The van der Waals surface area contributed by atoms with Crippen LogP contribution in [-0.4, -0.2) is 22.0 Å². The number of nitrogens with one attached hydrogen (secondary N) is 2. The quantitative estimate of drug-likeness (QED) is 0.762. The number of rotatable bonds is 4. The second-order valence-electron chi connectivity index (χ2n) is 5.41. The zero-order valence-electron chi connectivity index (χ0n) is 13.7. The fourth-order valence-corrected chi connectivity index (χ4v) is 2.32. The molecule has 2 heterocycles. The third-order valence-corrected chi connectivity index (χ3v) is 3.56. The Hall–Kier alpha value is -3.48. The number of carbonyl (C=O) groups is 2. The number of hydrogen-bond donors (Lipinski definition) is 2. The van der Waals surface area contributed by atoms with Crippen LogP contribution in [0, 0.1) is 13.8 Å². The van der Waals surface area contributed by atoms with E-state index in [2.05, 4.69) is 20.8 Å². The Morgan fingerprint density at radius 3 is 2.32 bits per heavy atom. The first kappa shape index (κ1) is 16.4. The van der Waals surface area contributed by atoms with Crippen molar-refractivity contribution >= 4 is 23.3 Å². The van der Waals surface area contributed by atoms with Crippen molar-refractivity contribution in [3.8, 4) is 0 Å². The van der Waals surface area contributed by atoms with Crippen LogP contribution in [0.2, 0.25) is 0 Å². The molecule has 0 spiro atoms. The maximum absolute atomic E-state index is 12.3. The van der Waals surface area contributed by atoms with E-state index in [1.807, 2.05) is 6.07 Å². The van der Waals surface area contributed by atoms with E-state index < -0.39 is 0 Å². The summed E-state index contributed by atoms with van der Waals surface area (Å²) in [6, 6.07) is 12.1. The van der Waals surface area contributed by atoms with Crippen LogP contribution in [-0.2, 0) is 0 Å². The third kappa shape index (κ3) is 3.72. The molecule has 2 aromatic heterocycles. The number of hydrogen-bond acceptors (Lipinski definition) is 5. The molecule has 0 aliphatic rings. The van der Waals surface area contributed by atoms with Gasteiger partial charge in [0.2, 0.25) is 0 Å². The Morgan fingerprint density at radius 2 is 1.72 bits per heavy atom. The third-order valence-electron chi connectivity index (χ3n) is 3.56. The smallest absolute Gasteiger partial charge is 0.261 e. The van der Waals surface area contributed by atoms with Crippen LogP contribution in [0.5, 0.6) is 0 Å². The first-order chi connectivity index (χ1) is 12.0. The molecule has 0 fully saturated rings. The van der Waals surface area contributed by atoms with E-state index >= 15 is 0 Å². The monoisotopic (exact) mass is 336 g/mol. The largest absolute Gasteiger partial charge is 0.361 e. The van der Waals surface area contributed by atoms with Crippen molar-refractivity contribution in [2.45, 2.75) is 13.8 Å². The maximum Gasteiger partial charge on any atom is 0.261 e. The van der Waals surface area contributed by atoms with E-state index in [0.29, 0.717) is 34.1 Å². The molecule has 3 aromatic rings. The summed E-state index contributed by atoms with van der Waals surface area (Å²) in [5.41, 5.74) is 1.97. The molecule has 3 rings (SSSR count). The maximum atomic E-state index is 12.3. The molecule has 0 atom stereocenters. The first-order valence-corrected chi connectivity index (χ1v) is 7.61. The average Bonchev–Trinajstić information content (AvgIpc) is 2.96. The molecule has 0 unspecified atom stereocenters. The van der Waals surface area contributed by atoms with E-state index in [1.54, 1.807) is 50.2 Å². The molecule has 126 valence electrons. The number of aryl methyl sites for hydroxylation is 2. The van der Waals surface area contributed by atoms with Gasteiger partial charge in [-0.05, 0) is 38.1 Å². The van der Waals surface area contributed by atoms with Gasteiger partial charge in [0.05, 0.1) is 17.6 Å². The van der Waals surface area contributed by atoms with E-state index in [0.717, 1.165) is 0 Å². The minimum atomic E-state index is -0.320. The molecule has 0 radical (unpaired) electrons. The lowest BCUT2D eigenvalue weighted by atomic mass is 10.2. The van der Waals surface area contributed by atoms with Gasteiger partial charge in [-0.25, -0.2) is 4.98 Å². The highest BCUT2D eigenvalue weighted by atomic mass is 16.5. The molecule has 0 aliphatic carbocycles. The summed E-state index contributed by atoms with van der Waals surface area (Å²) in [4.78, 5) is 28.5. The number of carbonyl (C=O) groups excluding carboxylic acids is 2. The summed E-state index contributed by atoms with van der Waals surface area (Å²) in [7, 11) is 0. The number of aromatic nitrogens is 2. The fourth-order valence-electron chi connectivity index (χ4n) is 2.32. The Labute approximate surface area is 144 Å². The molecule has 7 nitrogen and oxygen atoms in total. The molecule has 2 amide bonds. The Balaban J connectivity index is 1.66.